The van der Waals surface area contributed by atoms with E-state index in [1.165, 1.54) is 12.1 Å². The van der Waals surface area contributed by atoms with Gasteiger partial charge in [-0.1, -0.05) is 47.6 Å². The second-order valence-electron chi connectivity index (χ2n) is 4.46. The number of aromatic hydroxyl groups is 1. The predicted molar refractivity (Wildman–Crippen MR) is 76.0 cm³/mol. The van der Waals surface area contributed by atoms with Crippen LogP contribution in [0.4, 0.5) is 0 Å². The zero-order valence-electron chi connectivity index (χ0n) is 10.9. The Hall–Kier alpha value is -3.08. The molecule has 0 atom stereocenters. The highest BCUT2D eigenvalue weighted by molar-refractivity contribution is 5.98. The first-order valence-electron chi connectivity index (χ1n) is 6.24. The Morgan fingerprint density at radius 3 is 2.38 bits per heavy atom. The highest BCUT2D eigenvalue weighted by Crippen LogP contribution is 2.36. The lowest BCUT2D eigenvalue weighted by Gasteiger charge is -2.03. The fourth-order valence-corrected chi connectivity index (χ4v) is 2.15. The first-order chi connectivity index (χ1) is 10.2. The van der Waals surface area contributed by atoms with Gasteiger partial charge in [-0.3, -0.25) is 0 Å². The number of carboxylic acids is 1. The van der Waals surface area contributed by atoms with Crippen molar-refractivity contribution in [3.8, 4) is 28.2 Å². The zero-order valence-corrected chi connectivity index (χ0v) is 10.9. The van der Waals surface area contributed by atoms with E-state index in [1.807, 2.05) is 18.2 Å². The number of phenols is 1. The van der Waals surface area contributed by atoms with Crippen molar-refractivity contribution in [1.29, 1.82) is 0 Å². The topological polar surface area (TPSA) is 83.6 Å². The average molecular weight is 281 g/mol. The maximum atomic E-state index is 11.3. The van der Waals surface area contributed by atoms with Crippen LogP contribution in [-0.4, -0.2) is 21.3 Å². The van der Waals surface area contributed by atoms with E-state index in [2.05, 4.69) is 5.16 Å². The number of aromatic carboxylic acids is 1. The molecule has 0 fully saturated rings. The van der Waals surface area contributed by atoms with Crippen LogP contribution >= 0.6 is 0 Å². The standard InChI is InChI=1S/C16H11NO4/c18-12-8-4-7-11(9-12)13-14(16(19)20)17-21-15(13)10-5-2-1-3-6-10/h1-9,18H,(H,19,20). The first kappa shape index (κ1) is 12.9. The number of hydrogen-bond donors (Lipinski definition) is 2. The number of aromatic nitrogens is 1. The van der Waals surface area contributed by atoms with E-state index in [0.29, 0.717) is 16.9 Å². The Balaban J connectivity index is 2.26. The minimum atomic E-state index is -1.18. The molecular weight excluding hydrogens is 270 g/mol. The summed E-state index contributed by atoms with van der Waals surface area (Å²) in [7, 11) is 0. The summed E-state index contributed by atoms with van der Waals surface area (Å²) in [6.07, 6.45) is 0. The quantitative estimate of drug-likeness (QED) is 0.768. The van der Waals surface area contributed by atoms with Gasteiger partial charge in [-0.2, -0.15) is 0 Å². The molecule has 0 saturated carbocycles. The molecule has 0 amide bonds. The van der Waals surface area contributed by atoms with Gasteiger partial charge in [-0.15, -0.1) is 0 Å². The lowest BCUT2D eigenvalue weighted by atomic mass is 9.99. The van der Waals surface area contributed by atoms with Crippen molar-refractivity contribution in [3.63, 3.8) is 0 Å². The van der Waals surface area contributed by atoms with Gasteiger partial charge < -0.3 is 14.7 Å². The van der Waals surface area contributed by atoms with Gasteiger partial charge in [-0.05, 0) is 17.7 Å². The predicted octanol–water partition coefficient (Wildman–Crippen LogP) is 3.41. The second kappa shape index (κ2) is 5.13. The molecule has 0 bridgehead atoms. The Morgan fingerprint density at radius 1 is 1.00 bits per heavy atom. The van der Waals surface area contributed by atoms with Crippen LogP contribution in [-0.2, 0) is 0 Å². The molecule has 1 heterocycles. The molecule has 2 aromatic carbocycles. The van der Waals surface area contributed by atoms with Gasteiger partial charge in [0.05, 0.1) is 5.56 Å². The Bertz CT molecular complexity index is 793. The summed E-state index contributed by atoms with van der Waals surface area (Å²) in [6, 6.07) is 15.4. The summed E-state index contributed by atoms with van der Waals surface area (Å²) < 4.78 is 5.22. The molecule has 0 aliphatic rings. The molecule has 5 nitrogen and oxygen atoms in total. The molecule has 3 aromatic rings. The van der Waals surface area contributed by atoms with E-state index in [4.69, 9.17) is 4.52 Å². The molecule has 0 saturated heterocycles. The lowest BCUT2D eigenvalue weighted by molar-refractivity contribution is 0.0686. The van der Waals surface area contributed by atoms with Crippen molar-refractivity contribution in [2.75, 3.05) is 0 Å². The molecular formula is C16H11NO4. The monoisotopic (exact) mass is 281 g/mol. The van der Waals surface area contributed by atoms with Gasteiger partial charge >= 0.3 is 5.97 Å². The van der Waals surface area contributed by atoms with Gasteiger partial charge in [0.15, 0.2) is 11.5 Å². The summed E-state index contributed by atoms with van der Waals surface area (Å²) in [5.41, 5.74) is 1.42. The van der Waals surface area contributed by atoms with Crippen molar-refractivity contribution >= 4 is 5.97 Å². The number of nitrogens with zero attached hydrogens (tertiary/aromatic N) is 1. The number of hydrogen-bond acceptors (Lipinski definition) is 4. The van der Waals surface area contributed by atoms with Crippen LogP contribution in [0.5, 0.6) is 5.75 Å². The minimum Gasteiger partial charge on any atom is -0.508 e. The number of phenolic OH excluding ortho intramolecular Hbond substituents is 1. The van der Waals surface area contributed by atoms with E-state index in [0.717, 1.165) is 5.56 Å². The van der Waals surface area contributed by atoms with Crippen molar-refractivity contribution in [2.24, 2.45) is 0 Å². The molecule has 21 heavy (non-hydrogen) atoms. The molecule has 0 aliphatic carbocycles. The van der Waals surface area contributed by atoms with Crippen molar-refractivity contribution in [3.05, 3.63) is 60.3 Å². The SMILES string of the molecule is O=C(O)c1noc(-c2ccccc2)c1-c1cccc(O)c1. The molecule has 2 N–H and O–H groups in total. The summed E-state index contributed by atoms with van der Waals surface area (Å²) in [4.78, 5) is 11.3. The van der Waals surface area contributed by atoms with Crippen LogP contribution in [0.25, 0.3) is 22.5 Å². The summed E-state index contributed by atoms with van der Waals surface area (Å²) in [5, 5.41) is 22.5. The fraction of sp³-hybridized carbons (Fsp3) is 0. The smallest absolute Gasteiger partial charge is 0.358 e. The molecule has 0 unspecified atom stereocenters. The average Bonchev–Trinajstić information content (AvgIpc) is 2.93. The number of carbonyl (C=O) groups is 1. The largest absolute Gasteiger partial charge is 0.508 e. The molecule has 1 aromatic heterocycles. The number of carboxylic acid groups (broad SMARTS) is 1. The molecule has 0 spiro atoms. The maximum Gasteiger partial charge on any atom is 0.358 e. The van der Waals surface area contributed by atoms with E-state index >= 15 is 0 Å². The third-order valence-electron chi connectivity index (χ3n) is 3.07. The second-order valence-corrected chi connectivity index (χ2v) is 4.46. The summed E-state index contributed by atoms with van der Waals surface area (Å²) in [6.45, 7) is 0. The van der Waals surface area contributed by atoms with Gasteiger partial charge in [0, 0.05) is 5.56 Å². The van der Waals surface area contributed by atoms with Crippen molar-refractivity contribution < 1.29 is 19.5 Å². The van der Waals surface area contributed by atoms with Gasteiger partial charge in [0.25, 0.3) is 0 Å². The molecule has 0 aliphatic heterocycles. The molecule has 3 rings (SSSR count). The molecule has 5 heteroatoms. The number of rotatable bonds is 3. The minimum absolute atomic E-state index is 0.0454. The van der Waals surface area contributed by atoms with Crippen LogP contribution in [0.1, 0.15) is 10.5 Å². The summed E-state index contributed by atoms with van der Waals surface area (Å²) in [5.74, 6) is -0.776. The van der Waals surface area contributed by atoms with Crippen LogP contribution in [0.2, 0.25) is 0 Å². The highest BCUT2D eigenvalue weighted by atomic mass is 16.5. The molecule has 0 radical (unpaired) electrons. The summed E-state index contributed by atoms with van der Waals surface area (Å²) >= 11 is 0. The van der Waals surface area contributed by atoms with Crippen molar-refractivity contribution in [2.45, 2.75) is 0 Å². The van der Waals surface area contributed by atoms with Gasteiger partial charge in [0.1, 0.15) is 5.75 Å². The lowest BCUT2D eigenvalue weighted by Crippen LogP contribution is -1.99. The van der Waals surface area contributed by atoms with E-state index in [-0.39, 0.29) is 11.4 Å². The Kier molecular flexibility index (Phi) is 3.16. The van der Waals surface area contributed by atoms with E-state index in [1.54, 1.807) is 24.3 Å². The third-order valence-corrected chi connectivity index (χ3v) is 3.07. The van der Waals surface area contributed by atoms with E-state index in [9.17, 15) is 15.0 Å². The maximum absolute atomic E-state index is 11.3. The third kappa shape index (κ3) is 2.36. The van der Waals surface area contributed by atoms with Crippen LogP contribution in [0.15, 0.2) is 59.1 Å². The Morgan fingerprint density at radius 2 is 1.71 bits per heavy atom. The van der Waals surface area contributed by atoms with E-state index < -0.39 is 5.97 Å². The van der Waals surface area contributed by atoms with Crippen LogP contribution in [0.3, 0.4) is 0 Å². The normalized spacial score (nSPS) is 10.5. The Labute approximate surface area is 120 Å². The molecule has 104 valence electrons. The highest BCUT2D eigenvalue weighted by Gasteiger charge is 2.23. The van der Waals surface area contributed by atoms with Crippen molar-refractivity contribution in [1.82, 2.24) is 5.16 Å². The number of benzene rings is 2. The fourth-order valence-electron chi connectivity index (χ4n) is 2.15. The van der Waals surface area contributed by atoms with Gasteiger partial charge in [-0.25, -0.2) is 4.79 Å². The van der Waals surface area contributed by atoms with Crippen LogP contribution < -0.4 is 0 Å². The van der Waals surface area contributed by atoms with Crippen LogP contribution in [0, 0.1) is 0 Å². The zero-order chi connectivity index (χ0) is 14.8. The first-order valence-corrected chi connectivity index (χ1v) is 6.24. The van der Waals surface area contributed by atoms with Gasteiger partial charge in [0.2, 0.25) is 0 Å².